The van der Waals surface area contributed by atoms with Gasteiger partial charge < -0.3 is 0 Å². The number of hydrogen-bond donors (Lipinski definition) is 0. The molecule has 0 radical (unpaired) electrons. The summed E-state index contributed by atoms with van der Waals surface area (Å²) >= 11 is 0. The van der Waals surface area contributed by atoms with Gasteiger partial charge in [0.05, 0.1) is 0 Å². The maximum absolute atomic E-state index is 4.67. The third kappa shape index (κ3) is 6.28. The van der Waals surface area contributed by atoms with Crippen molar-refractivity contribution >= 4 is 10.8 Å². The molecular weight excluding hydrogens is 464 g/mol. The van der Waals surface area contributed by atoms with Crippen molar-refractivity contribution < 1.29 is 0 Å². The molecule has 1 aromatic carbocycles. The molecule has 204 valence electrons. The van der Waals surface area contributed by atoms with Crippen LogP contribution in [0.4, 0.5) is 0 Å². The van der Waals surface area contributed by atoms with E-state index < -0.39 is 0 Å². The molecule has 0 bridgehead atoms. The zero-order chi connectivity index (χ0) is 29.2. The van der Waals surface area contributed by atoms with Gasteiger partial charge in [0.1, 0.15) is 5.82 Å². The number of aromatic nitrogens is 4. The molecule has 3 heterocycles. The van der Waals surface area contributed by atoms with Crippen LogP contribution < -0.4 is 0 Å². The van der Waals surface area contributed by atoms with Crippen molar-refractivity contribution in [1.29, 1.82) is 0 Å². The second kappa shape index (κ2) is 12.1. The topological polar surface area (TPSA) is 51.6 Å². The molecule has 4 heteroatoms. The molecule has 3 aromatic heterocycles. The van der Waals surface area contributed by atoms with Crippen LogP contribution in [0, 0.1) is 111 Å². The minimum atomic E-state index is 0.862. The molecule has 0 aliphatic rings. The van der Waals surface area contributed by atoms with Crippen molar-refractivity contribution in [3.63, 3.8) is 0 Å². The number of nitrogens with zero attached hydrogens (tertiary/aromatic N) is 4. The highest BCUT2D eigenvalue weighted by molar-refractivity contribution is 5.95. The van der Waals surface area contributed by atoms with Crippen molar-refractivity contribution in [2.45, 2.75) is 111 Å². The predicted molar refractivity (Wildman–Crippen MR) is 164 cm³/mol. The summed E-state index contributed by atoms with van der Waals surface area (Å²) in [7, 11) is 0. The van der Waals surface area contributed by atoms with Gasteiger partial charge >= 0.3 is 0 Å². The molecule has 4 rings (SSSR count). The zero-order valence-electron chi connectivity index (χ0n) is 26.8. The Morgan fingerprint density at radius 2 is 0.553 bits per heavy atom. The molecule has 4 aromatic rings. The standard InChI is InChI=1S/C16H21N.C10H15N.C8H12N2/c1-8-9(2)11(4)16-14(7)17-13(6)12(5)15(16)10(8)3;1-6-7(2)9(4)11-10(5)8(6)3;1-5-6(2)9-8(4)10-7(5)3/h1-7H3;1-5H3;1-4H3. The first-order valence-corrected chi connectivity index (χ1v) is 13.5. The van der Waals surface area contributed by atoms with Gasteiger partial charge in [-0.15, -0.1) is 0 Å². The Balaban J connectivity index is 0.000000211. The Bertz CT molecular complexity index is 1460. The molecule has 0 saturated carbocycles. The van der Waals surface area contributed by atoms with Gasteiger partial charge in [-0.1, -0.05) is 0 Å². The second-order valence-electron chi connectivity index (χ2n) is 10.9. The number of aryl methyl sites for hydroxylation is 10. The number of rotatable bonds is 0. The normalized spacial score (nSPS) is 10.6. The molecule has 0 aliphatic carbocycles. The summed E-state index contributed by atoms with van der Waals surface area (Å²) in [6.45, 7) is 33.8. The van der Waals surface area contributed by atoms with Crippen LogP contribution in [0.3, 0.4) is 0 Å². The van der Waals surface area contributed by atoms with Gasteiger partial charge in [-0.3, -0.25) is 9.97 Å². The van der Waals surface area contributed by atoms with E-state index in [0.717, 1.165) is 40.0 Å². The van der Waals surface area contributed by atoms with Crippen molar-refractivity contribution in [3.05, 3.63) is 90.1 Å². The largest absolute Gasteiger partial charge is 0.258 e. The fourth-order valence-electron chi connectivity index (χ4n) is 4.99. The van der Waals surface area contributed by atoms with E-state index in [1.54, 1.807) is 0 Å². The first kappa shape index (κ1) is 31.1. The van der Waals surface area contributed by atoms with E-state index >= 15 is 0 Å². The zero-order valence-corrected chi connectivity index (χ0v) is 26.8. The van der Waals surface area contributed by atoms with Crippen molar-refractivity contribution in [2.75, 3.05) is 0 Å². The van der Waals surface area contributed by atoms with Gasteiger partial charge in [0, 0.05) is 39.5 Å². The fraction of sp³-hybridized carbons (Fsp3) is 0.471. The number of benzene rings is 1. The summed E-state index contributed by atoms with van der Waals surface area (Å²) in [5.41, 5.74) is 19.0. The lowest BCUT2D eigenvalue weighted by atomic mass is 9.89. The second-order valence-corrected chi connectivity index (χ2v) is 10.9. The number of pyridine rings is 2. The van der Waals surface area contributed by atoms with Crippen LogP contribution in [0.2, 0.25) is 0 Å². The van der Waals surface area contributed by atoms with Gasteiger partial charge in [0.25, 0.3) is 0 Å². The Hall–Kier alpha value is -3.14. The molecule has 0 aliphatic heterocycles. The molecule has 0 unspecified atom stereocenters. The van der Waals surface area contributed by atoms with Gasteiger partial charge in [-0.25, -0.2) is 9.97 Å². The van der Waals surface area contributed by atoms with Crippen LogP contribution in [0.25, 0.3) is 10.8 Å². The van der Waals surface area contributed by atoms with E-state index in [-0.39, 0.29) is 0 Å². The third-order valence-corrected chi connectivity index (χ3v) is 8.59. The monoisotopic (exact) mass is 512 g/mol. The van der Waals surface area contributed by atoms with E-state index in [1.807, 2.05) is 27.7 Å². The van der Waals surface area contributed by atoms with Gasteiger partial charge in [-0.05, 0) is 166 Å². The number of fused-ring (bicyclic) bond motifs is 1. The minimum Gasteiger partial charge on any atom is -0.258 e. The summed E-state index contributed by atoms with van der Waals surface area (Å²) in [4.78, 5) is 17.6. The summed E-state index contributed by atoms with van der Waals surface area (Å²) in [5, 5.41) is 2.77. The van der Waals surface area contributed by atoms with E-state index in [1.165, 1.54) is 60.8 Å². The van der Waals surface area contributed by atoms with Crippen LogP contribution in [-0.4, -0.2) is 19.9 Å². The maximum atomic E-state index is 4.67. The summed E-state index contributed by atoms with van der Waals surface area (Å²) in [5.74, 6) is 0.862. The Morgan fingerprint density at radius 1 is 0.237 bits per heavy atom. The lowest BCUT2D eigenvalue weighted by Gasteiger charge is -2.18. The molecular formula is C34H48N4. The summed E-state index contributed by atoms with van der Waals surface area (Å²) in [6.07, 6.45) is 0. The van der Waals surface area contributed by atoms with Gasteiger partial charge in [0.15, 0.2) is 0 Å². The molecule has 0 fully saturated rings. The summed E-state index contributed by atoms with van der Waals surface area (Å²) < 4.78 is 0. The highest BCUT2D eigenvalue weighted by Crippen LogP contribution is 2.33. The Labute approximate surface area is 231 Å². The highest BCUT2D eigenvalue weighted by atomic mass is 14.9. The average Bonchev–Trinajstić information content (AvgIpc) is 2.85. The lowest BCUT2D eigenvalue weighted by molar-refractivity contribution is 0.948. The minimum absolute atomic E-state index is 0.862. The highest BCUT2D eigenvalue weighted by Gasteiger charge is 2.14. The Morgan fingerprint density at radius 3 is 1.00 bits per heavy atom. The van der Waals surface area contributed by atoms with Crippen LogP contribution in [0.15, 0.2) is 0 Å². The third-order valence-electron chi connectivity index (χ3n) is 8.59. The molecule has 0 atom stereocenters. The molecule has 0 saturated heterocycles. The van der Waals surface area contributed by atoms with Crippen LogP contribution in [0.5, 0.6) is 0 Å². The van der Waals surface area contributed by atoms with Crippen molar-refractivity contribution in [2.24, 2.45) is 0 Å². The Kier molecular flexibility index (Phi) is 9.94. The molecule has 38 heavy (non-hydrogen) atoms. The number of hydrogen-bond acceptors (Lipinski definition) is 4. The smallest absolute Gasteiger partial charge is 0.125 e. The molecule has 4 nitrogen and oxygen atoms in total. The predicted octanol–water partition coefficient (Wildman–Crippen LogP) is 8.73. The van der Waals surface area contributed by atoms with Crippen LogP contribution in [0.1, 0.15) is 90.1 Å². The average molecular weight is 513 g/mol. The van der Waals surface area contributed by atoms with E-state index in [9.17, 15) is 0 Å². The molecule has 0 N–H and O–H groups in total. The fourth-order valence-corrected chi connectivity index (χ4v) is 4.99. The lowest BCUT2D eigenvalue weighted by Crippen LogP contribution is -2.01. The van der Waals surface area contributed by atoms with Gasteiger partial charge in [0.2, 0.25) is 0 Å². The maximum Gasteiger partial charge on any atom is 0.125 e. The van der Waals surface area contributed by atoms with Crippen molar-refractivity contribution in [1.82, 2.24) is 19.9 Å². The first-order valence-electron chi connectivity index (χ1n) is 13.5. The SMILES string of the molecule is Cc1nc(C)c(C)c(C)c1C.Cc1nc(C)c(C)c(C)n1.Cc1nc(C)c2c(C)c(C)c(C)c(C)c2c1C. The molecule has 0 amide bonds. The van der Waals surface area contributed by atoms with Crippen molar-refractivity contribution in [3.8, 4) is 0 Å². The van der Waals surface area contributed by atoms with E-state index in [0.29, 0.717) is 0 Å². The van der Waals surface area contributed by atoms with E-state index in [2.05, 4.69) is 103 Å². The summed E-state index contributed by atoms with van der Waals surface area (Å²) in [6, 6.07) is 0. The van der Waals surface area contributed by atoms with E-state index in [4.69, 9.17) is 0 Å². The van der Waals surface area contributed by atoms with Crippen LogP contribution >= 0.6 is 0 Å². The first-order chi connectivity index (χ1) is 17.5. The quantitative estimate of drug-likeness (QED) is 0.236. The van der Waals surface area contributed by atoms with Crippen LogP contribution in [-0.2, 0) is 0 Å². The molecule has 0 spiro atoms. The van der Waals surface area contributed by atoms with Gasteiger partial charge in [-0.2, -0.15) is 0 Å².